The zero-order valence-electron chi connectivity index (χ0n) is 15.4. The first-order valence-corrected chi connectivity index (χ1v) is 9.67. The van der Waals surface area contributed by atoms with Crippen LogP contribution in [-0.2, 0) is 20.9 Å². The first-order chi connectivity index (χ1) is 14.6. The molecule has 32 heavy (non-hydrogen) atoms. The molecule has 0 N–H and O–H groups in total. The fourth-order valence-corrected chi connectivity index (χ4v) is 2.87. The van der Waals surface area contributed by atoms with Gasteiger partial charge in [0.05, 0.1) is 22.6 Å². The number of rotatable bonds is 5. The second-order valence-corrected chi connectivity index (χ2v) is 7.71. The van der Waals surface area contributed by atoms with E-state index >= 15 is 0 Å². The number of hydrogen-bond donors (Lipinski definition) is 0. The Morgan fingerprint density at radius 2 is 1.72 bits per heavy atom. The average molecular weight is 507 g/mol. The van der Waals surface area contributed by atoms with Crippen LogP contribution in [0.4, 0.5) is 32.0 Å². The van der Waals surface area contributed by atoms with Crippen molar-refractivity contribution >= 4 is 33.2 Å². The van der Waals surface area contributed by atoms with E-state index in [1.165, 1.54) is 0 Å². The lowest BCUT2D eigenvalue weighted by atomic mass is 10.1. The Hall–Kier alpha value is -3.07. The van der Waals surface area contributed by atoms with Crippen molar-refractivity contribution in [1.82, 2.24) is 0 Å². The fraction of sp³-hybridized carbons (Fsp3) is 0.188. The van der Waals surface area contributed by atoms with E-state index in [9.17, 15) is 44.9 Å². The molecule has 8 nitrogen and oxygen atoms in total. The topological polar surface area (TPSA) is 108 Å². The summed E-state index contributed by atoms with van der Waals surface area (Å²) in [6, 6.07) is 4.40. The van der Waals surface area contributed by atoms with Gasteiger partial charge in [-0.05, 0) is 24.3 Å². The van der Waals surface area contributed by atoms with Crippen molar-refractivity contribution in [2.45, 2.75) is 11.7 Å². The van der Waals surface area contributed by atoms with Gasteiger partial charge in [0, 0.05) is 12.1 Å². The summed E-state index contributed by atoms with van der Waals surface area (Å²) >= 11 is 5.75. The van der Waals surface area contributed by atoms with Crippen LogP contribution < -0.4 is 4.74 Å². The van der Waals surface area contributed by atoms with Crippen LogP contribution >= 0.6 is 11.6 Å². The molecule has 0 amide bonds. The van der Waals surface area contributed by atoms with Crippen molar-refractivity contribution in [3.8, 4) is 11.5 Å². The molecule has 0 aromatic heterocycles. The molecular formula is C16H9ClF6N2O6S. The Bertz CT molecular complexity index is 1180. The van der Waals surface area contributed by atoms with Crippen molar-refractivity contribution in [3.05, 3.63) is 62.7 Å². The first-order valence-electron chi connectivity index (χ1n) is 7.85. The lowest BCUT2D eigenvalue weighted by molar-refractivity contribution is -0.385. The highest BCUT2D eigenvalue weighted by molar-refractivity contribution is 7.91. The van der Waals surface area contributed by atoms with Gasteiger partial charge in [-0.2, -0.15) is 34.8 Å². The molecular weight excluding hydrogens is 498 g/mol. The molecule has 0 atom stereocenters. The third kappa shape index (κ3) is 5.59. The number of benzene rings is 2. The number of methoxy groups -OCH3 is 1. The summed E-state index contributed by atoms with van der Waals surface area (Å²) in [5, 5.41) is 10.7. The van der Waals surface area contributed by atoms with Crippen LogP contribution in [0.25, 0.3) is 0 Å². The number of hydrogen-bond acceptors (Lipinski definition) is 6. The summed E-state index contributed by atoms with van der Waals surface area (Å²) < 4.78 is 111. The molecule has 0 saturated carbocycles. The van der Waals surface area contributed by atoms with Crippen molar-refractivity contribution in [3.63, 3.8) is 0 Å². The Balaban J connectivity index is 2.56. The third-order valence-corrected chi connectivity index (χ3v) is 4.86. The SMILES string of the molecule is COC(=NS(=O)(=O)C(F)(F)F)c1cc(Oc2ccc(C(F)(F)F)cc2Cl)ccc1[N+](=O)[O-]. The number of nitro groups is 1. The summed E-state index contributed by atoms with van der Waals surface area (Å²) in [5.41, 5.74) is -8.61. The Morgan fingerprint density at radius 3 is 2.19 bits per heavy atom. The van der Waals surface area contributed by atoms with Gasteiger partial charge in [-0.1, -0.05) is 11.6 Å². The first kappa shape index (κ1) is 25.2. The van der Waals surface area contributed by atoms with Gasteiger partial charge in [0.15, 0.2) is 0 Å². The summed E-state index contributed by atoms with van der Waals surface area (Å²) in [6.45, 7) is 0. The zero-order valence-corrected chi connectivity index (χ0v) is 16.9. The van der Waals surface area contributed by atoms with E-state index < -0.39 is 54.4 Å². The minimum atomic E-state index is -6.12. The van der Waals surface area contributed by atoms with Gasteiger partial charge in [-0.3, -0.25) is 10.1 Å². The molecule has 2 aromatic carbocycles. The standard InChI is InChI=1S/C16H9ClF6N2O6S/c1-30-14(24-32(28,29)16(21,22)23)10-7-9(3-4-12(10)25(26)27)31-13-5-2-8(6-11(13)17)15(18,19)20/h2-7H,1H3. The van der Waals surface area contributed by atoms with E-state index in [2.05, 4.69) is 9.13 Å². The molecule has 0 spiro atoms. The number of nitrogens with zero attached hydrogens (tertiary/aromatic N) is 2. The predicted octanol–water partition coefficient (Wildman–Crippen LogP) is 5.30. The van der Waals surface area contributed by atoms with E-state index in [0.29, 0.717) is 25.3 Å². The molecule has 0 aliphatic rings. The Labute approximate surface area is 180 Å². The van der Waals surface area contributed by atoms with Gasteiger partial charge in [-0.25, -0.2) is 0 Å². The van der Waals surface area contributed by atoms with Gasteiger partial charge in [0.2, 0.25) is 5.90 Å². The second kappa shape index (κ2) is 8.82. The number of ether oxygens (including phenoxy) is 2. The summed E-state index contributed by atoms with van der Waals surface area (Å²) in [4.78, 5) is 10.2. The van der Waals surface area contributed by atoms with Crippen LogP contribution in [-0.4, -0.2) is 31.9 Å². The summed E-state index contributed by atoms with van der Waals surface area (Å²) in [7, 11) is -5.41. The van der Waals surface area contributed by atoms with E-state index in [1.54, 1.807) is 0 Å². The maximum Gasteiger partial charge on any atom is 0.518 e. The van der Waals surface area contributed by atoms with Gasteiger partial charge in [0.25, 0.3) is 5.69 Å². The highest BCUT2D eigenvalue weighted by Crippen LogP contribution is 2.37. The van der Waals surface area contributed by atoms with Crippen molar-refractivity contribution in [1.29, 1.82) is 0 Å². The van der Waals surface area contributed by atoms with Crippen LogP contribution in [0.15, 0.2) is 40.8 Å². The summed E-state index contributed by atoms with van der Waals surface area (Å²) in [6.07, 6.45) is -4.70. The third-order valence-electron chi connectivity index (χ3n) is 3.57. The fourth-order valence-electron chi connectivity index (χ4n) is 2.15. The normalized spacial score (nSPS) is 13.1. The minimum Gasteiger partial charge on any atom is -0.480 e. The molecule has 0 bridgehead atoms. The van der Waals surface area contributed by atoms with Gasteiger partial charge >= 0.3 is 21.7 Å². The molecule has 2 aromatic rings. The predicted molar refractivity (Wildman–Crippen MR) is 98.1 cm³/mol. The van der Waals surface area contributed by atoms with E-state index in [1.807, 2.05) is 0 Å². The molecule has 0 aliphatic carbocycles. The highest BCUT2D eigenvalue weighted by Gasteiger charge is 2.47. The number of nitro benzene ring substituents is 1. The molecule has 0 saturated heterocycles. The monoisotopic (exact) mass is 506 g/mol. The molecule has 0 aliphatic heterocycles. The van der Waals surface area contributed by atoms with Crippen LogP contribution in [0.1, 0.15) is 11.1 Å². The van der Waals surface area contributed by atoms with E-state index in [4.69, 9.17) is 16.3 Å². The van der Waals surface area contributed by atoms with Crippen LogP contribution in [0.2, 0.25) is 5.02 Å². The number of halogens is 7. The maximum absolute atomic E-state index is 12.7. The Morgan fingerprint density at radius 1 is 1.09 bits per heavy atom. The van der Waals surface area contributed by atoms with Crippen molar-refractivity contribution < 1.29 is 49.2 Å². The summed E-state index contributed by atoms with van der Waals surface area (Å²) in [5.74, 6) is -1.97. The zero-order chi connectivity index (χ0) is 24.5. The number of alkyl halides is 6. The molecule has 0 radical (unpaired) electrons. The lowest BCUT2D eigenvalue weighted by Crippen LogP contribution is -2.23. The quantitative estimate of drug-likeness (QED) is 0.179. The minimum absolute atomic E-state index is 0.335. The molecule has 0 unspecified atom stereocenters. The van der Waals surface area contributed by atoms with E-state index in [-0.39, 0.29) is 11.5 Å². The van der Waals surface area contributed by atoms with Gasteiger partial charge in [-0.15, -0.1) is 4.40 Å². The maximum atomic E-state index is 12.7. The molecule has 16 heteroatoms. The van der Waals surface area contributed by atoms with Crippen molar-refractivity contribution in [2.24, 2.45) is 4.40 Å². The molecule has 0 fully saturated rings. The highest BCUT2D eigenvalue weighted by atomic mass is 35.5. The molecule has 174 valence electrons. The largest absolute Gasteiger partial charge is 0.518 e. The molecule has 0 heterocycles. The van der Waals surface area contributed by atoms with E-state index in [0.717, 1.165) is 18.2 Å². The van der Waals surface area contributed by atoms with Crippen LogP contribution in [0.5, 0.6) is 11.5 Å². The lowest BCUT2D eigenvalue weighted by Gasteiger charge is -2.12. The van der Waals surface area contributed by atoms with Crippen molar-refractivity contribution in [2.75, 3.05) is 7.11 Å². The van der Waals surface area contributed by atoms with Crippen LogP contribution in [0.3, 0.4) is 0 Å². The molecule has 2 rings (SSSR count). The smallest absolute Gasteiger partial charge is 0.480 e. The van der Waals surface area contributed by atoms with Gasteiger partial charge < -0.3 is 9.47 Å². The van der Waals surface area contributed by atoms with Gasteiger partial charge in [0.1, 0.15) is 17.1 Å². The second-order valence-electron chi connectivity index (χ2n) is 5.70. The van der Waals surface area contributed by atoms with Crippen LogP contribution in [0, 0.1) is 10.1 Å². The Kier molecular flexibility index (Phi) is 6.94. The average Bonchev–Trinajstić information content (AvgIpc) is 2.65. The number of sulfonamides is 1.